The maximum absolute atomic E-state index is 12.0. The van der Waals surface area contributed by atoms with E-state index < -0.39 is 0 Å². The lowest BCUT2D eigenvalue weighted by molar-refractivity contribution is -0.114. The molecule has 2 rings (SSSR count). The first-order valence-electron chi connectivity index (χ1n) is 7.19. The Morgan fingerprint density at radius 3 is 2.68 bits per heavy atom. The Hall–Kier alpha value is -2.01. The van der Waals surface area contributed by atoms with Crippen molar-refractivity contribution in [3.63, 3.8) is 0 Å². The van der Waals surface area contributed by atoms with Crippen molar-refractivity contribution >= 4 is 33.2 Å². The van der Waals surface area contributed by atoms with Crippen molar-refractivity contribution in [1.29, 1.82) is 0 Å². The summed E-state index contributed by atoms with van der Waals surface area (Å²) >= 11 is 3.40. The van der Waals surface area contributed by atoms with E-state index in [1.165, 1.54) is 0 Å². The van der Waals surface area contributed by atoms with Gasteiger partial charge in [0.25, 0.3) is 0 Å². The SMILES string of the molecule is CCCOc1cccc(NC(=O)CNc2cccc(Br)c2)c1. The molecule has 0 saturated carbocycles. The molecule has 0 aliphatic rings. The zero-order valence-corrected chi connectivity index (χ0v) is 14.0. The summed E-state index contributed by atoms with van der Waals surface area (Å²) in [5.74, 6) is 0.659. The number of nitrogens with one attached hydrogen (secondary N) is 2. The zero-order chi connectivity index (χ0) is 15.8. The standard InChI is InChI=1S/C17H19BrN2O2/c1-2-9-22-16-8-4-7-15(11-16)20-17(21)12-19-14-6-3-5-13(18)10-14/h3-8,10-11,19H,2,9,12H2,1H3,(H,20,21). The Kier molecular flexibility index (Phi) is 6.27. The van der Waals surface area contributed by atoms with Gasteiger partial charge in [0.05, 0.1) is 13.2 Å². The van der Waals surface area contributed by atoms with Gasteiger partial charge in [-0.25, -0.2) is 0 Å². The first kappa shape index (κ1) is 16.4. The van der Waals surface area contributed by atoms with Crippen LogP contribution in [0.25, 0.3) is 0 Å². The lowest BCUT2D eigenvalue weighted by Gasteiger charge is -2.10. The second-order valence-electron chi connectivity index (χ2n) is 4.79. The quantitative estimate of drug-likeness (QED) is 0.772. The van der Waals surface area contributed by atoms with Crippen LogP contribution < -0.4 is 15.4 Å². The van der Waals surface area contributed by atoms with Crippen LogP contribution >= 0.6 is 15.9 Å². The molecule has 0 aliphatic carbocycles. The van der Waals surface area contributed by atoms with Crippen LogP contribution in [0.5, 0.6) is 5.75 Å². The van der Waals surface area contributed by atoms with E-state index in [1.807, 2.05) is 48.5 Å². The van der Waals surface area contributed by atoms with Crippen LogP contribution in [-0.4, -0.2) is 19.1 Å². The van der Waals surface area contributed by atoms with Gasteiger partial charge in [0.2, 0.25) is 5.91 Å². The molecule has 22 heavy (non-hydrogen) atoms. The fraction of sp³-hybridized carbons (Fsp3) is 0.235. The Morgan fingerprint density at radius 2 is 1.91 bits per heavy atom. The molecule has 0 spiro atoms. The number of rotatable bonds is 7. The summed E-state index contributed by atoms with van der Waals surface area (Å²) in [6.07, 6.45) is 0.952. The van der Waals surface area contributed by atoms with Gasteiger partial charge in [0.1, 0.15) is 5.75 Å². The molecule has 5 heteroatoms. The number of benzene rings is 2. The van der Waals surface area contributed by atoms with E-state index in [9.17, 15) is 4.79 Å². The molecule has 1 amide bonds. The van der Waals surface area contributed by atoms with E-state index >= 15 is 0 Å². The normalized spacial score (nSPS) is 10.1. The molecule has 116 valence electrons. The van der Waals surface area contributed by atoms with Gasteiger partial charge in [0, 0.05) is 21.9 Å². The summed E-state index contributed by atoms with van der Waals surface area (Å²) in [7, 11) is 0. The van der Waals surface area contributed by atoms with Crippen molar-refractivity contribution in [3.8, 4) is 5.75 Å². The summed E-state index contributed by atoms with van der Waals surface area (Å²) < 4.78 is 6.52. The summed E-state index contributed by atoms with van der Waals surface area (Å²) in [6, 6.07) is 15.1. The van der Waals surface area contributed by atoms with Crippen molar-refractivity contribution in [2.75, 3.05) is 23.8 Å². The second kappa shape index (κ2) is 8.44. The number of halogens is 1. The molecule has 0 saturated heterocycles. The summed E-state index contributed by atoms with van der Waals surface area (Å²) in [4.78, 5) is 12.0. The highest BCUT2D eigenvalue weighted by Gasteiger charge is 2.04. The predicted octanol–water partition coefficient (Wildman–Crippen LogP) is 4.29. The topological polar surface area (TPSA) is 50.4 Å². The van der Waals surface area contributed by atoms with Gasteiger partial charge in [-0.1, -0.05) is 35.0 Å². The monoisotopic (exact) mass is 362 g/mol. The zero-order valence-electron chi connectivity index (χ0n) is 12.4. The van der Waals surface area contributed by atoms with Gasteiger partial charge in [-0.05, 0) is 36.8 Å². The van der Waals surface area contributed by atoms with Gasteiger partial charge in [-0.3, -0.25) is 4.79 Å². The van der Waals surface area contributed by atoms with E-state index in [1.54, 1.807) is 0 Å². The van der Waals surface area contributed by atoms with Crippen LogP contribution in [0.4, 0.5) is 11.4 Å². The first-order valence-corrected chi connectivity index (χ1v) is 7.99. The third-order valence-electron chi connectivity index (χ3n) is 2.87. The molecule has 0 bridgehead atoms. The van der Waals surface area contributed by atoms with Gasteiger partial charge in [0.15, 0.2) is 0 Å². The highest BCUT2D eigenvalue weighted by Crippen LogP contribution is 2.18. The Balaban J connectivity index is 1.86. The molecule has 2 N–H and O–H groups in total. The molecular weight excluding hydrogens is 344 g/mol. The number of carbonyl (C=O) groups excluding carboxylic acids is 1. The van der Waals surface area contributed by atoms with E-state index in [4.69, 9.17) is 4.74 Å². The summed E-state index contributed by atoms with van der Waals surface area (Å²) in [6.45, 7) is 2.93. The Morgan fingerprint density at radius 1 is 1.14 bits per heavy atom. The Bertz CT molecular complexity index is 632. The molecule has 0 fully saturated rings. The molecule has 0 aliphatic heterocycles. The van der Waals surface area contributed by atoms with Gasteiger partial charge in [-0.2, -0.15) is 0 Å². The second-order valence-corrected chi connectivity index (χ2v) is 5.70. The average Bonchev–Trinajstić information content (AvgIpc) is 2.51. The minimum Gasteiger partial charge on any atom is -0.494 e. The predicted molar refractivity (Wildman–Crippen MR) is 93.5 cm³/mol. The number of hydrogen-bond acceptors (Lipinski definition) is 3. The third kappa shape index (κ3) is 5.41. The molecule has 0 heterocycles. The minimum absolute atomic E-state index is 0.104. The molecular formula is C17H19BrN2O2. The van der Waals surface area contributed by atoms with E-state index in [-0.39, 0.29) is 12.5 Å². The highest BCUT2D eigenvalue weighted by molar-refractivity contribution is 9.10. The number of carbonyl (C=O) groups is 1. The smallest absolute Gasteiger partial charge is 0.243 e. The van der Waals surface area contributed by atoms with Gasteiger partial charge in [-0.15, -0.1) is 0 Å². The molecule has 2 aromatic carbocycles. The maximum atomic E-state index is 12.0. The number of amides is 1. The van der Waals surface area contributed by atoms with Crippen LogP contribution in [0.15, 0.2) is 53.0 Å². The molecule has 0 radical (unpaired) electrons. The fourth-order valence-electron chi connectivity index (χ4n) is 1.87. The molecule has 2 aromatic rings. The number of ether oxygens (including phenoxy) is 1. The summed E-state index contributed by atoms with van der Waals surface area (Å²) in [5.41, 5.74) is 1.62. The van der Waals surface area contributed by atoms with Crippen molar-refractivity contribution < 1.29 is 9.53 Å². The van der Waals surface area contributed by atoms with Gasteiger partial charge < -0.3 is 15.4 Å². The largest absolute Gasteiger partial charge is 0.494 e. The van der Waals surface area contributed by atoms with Crippen molar-refractivity contribution in [1.82, 2.24) is 0 Å². The van der Waals surface area contributed by atoms with Gasteiger partial charge >= 0.3 is 0 Å². The lowest BCUT2D eigenvalue weighted by Crippen LogP contribution is -2.21. The van der Waals surface area contributed by atoms with Crippen molar-refractivity contribution in [2.45, 2.75) is 13.3 Å². The van der Waals surface area contributed by atoms with Crippen LogP contribution in [-0.2, 0) is 4.79 Å². The van der Waals surface area contributed by atoms with Crippen LogP contribution in [0.3, 0.4) is 0 Å². The van der Waals surface area contributed by atoms with E-state index in [2.05, 4.69) is 33.5 Å². The highest BCUT2D eigenvalue weighted by atomic mass is 79.9. The number of anilines is 2. The van der Waals surface area contributed by atoms with E-state index in [0.29, 0.717) is 6.61 Å². The third-order valence-corrected chi connectivity index (χ3v) is 3.36. The fourth-order valence-corrected chi connectivity index (χ4v) is 2.27. The van der Waals surface area contributed by atoms with Crippen molar-refractivity contribution in [2.24, 2.45) is 0 Å². The average molecular weight is 363 g/mol. The molecule has 0 atom stereocenters. The van der Waals surface area contributed by atoms with Crippen LogP contribution in [0.2, 0.25) is 0 Å². The summed E-state index contributed by atoms with van der Waals surface area (Å²) in [5, 5.41) is 5.93. The Labute approximate surface area is 139 Å². The first-order chi connectivity index (χ1) is 10.7. The lowest BCUT2D eigenvalue weighted by atomic mass is 10.3. The van der Waals surface area contributed by atoms with Crippen LogP contribution in [0, 0.1) is 0 Å². The molecule has 4 nitrogen and oxygen atoms in total. The molecule has 0 aromatic heterocycles. The molecule has 0 unspecified atom stereocenters. The maximum Gasteiger partial charge on any atom is 0.243 e. The van der Waals surface area contributed by atoms with E-state index in [0.717, 1.165) is 28.0 Å². The van der Waals surface area contributed by atoms with Crippen molar-refractivity contribution in [3.05, 3.63) is 53.0 Å². The van der Waals surface area contributed by atoms with Crippen LogP contribution in [0.1, 0.15) is 13.3 Å². The number of hydrogen-bond donors (Lipinski definition) is 2. The minimum atomic E-state index is -0.104.